The fourth-order valence-corrected chi connectivity index (χ4v) is 1.44. The fraction of sp³-hybridized carbons (Fsp3) is 0.600. The molecular formula is C10H15N3O2. The highest BCUT2D eigenvalue weighted by atomic mass is 16.6. The van der Waals surface area contributed by atoms with E-state index in [0.29, 0.717) is 18.5 Å². The van der Waals surface area contributed by atoms with E-state index in [4.69, 9.17) is 9.57 Å². The molecule has 1 N–H and O–H groups in total. The van der Waals surface area contributed by atoms with Crippen LogP contribution in [0.2, 0.25) is 0 Å². The molecule has 0 amide bonds. The summed E-state index contributed by atoms with van der Waals surface area (Å²) < 4.78 is 5.24. The largest absolute Gasteiger partial charge is 0.381 e. The number of aromatic nitrogens is 2. The smallest absolute Gasteiger partial charge is 0.247 e. The third-order valence-electron chi connectivity index (χ3n) is 2.30. The van der Waals surface area contributed by atoms with E-state index in [-0.39, 0.29) is 0 Å². The second kappa shape index (κ2) is 5.04. The molecule has 1 aliphatic heterocycles. The minimum Gasteiger partial charge on any atom is -0.381 e. The zero-order valence-electron chi connectivity index (χ0n) is 8.77. The molecule has 0 spiro atoms. The summed E-state index contributed by atoms with van der Waals surface area (Å²) in [6.07, 6.45) is 2.77. The summed E-state index contributed by atoms with van der Waals surface area (Å²) in [7, 11) is 0. The molecule has 5 nitrogen and oxygen atoms in total. The van der Waals surface area contributed by atoms with Crippen molar-refractivity contribution in [1.82, 2.24) is 9.97 Å². The summed E-state index contributed by atoms with van der Waals surface area (Å²) in [5.74, 6) is 0.997. The van der Waals surface area contributed by atoms with Gasteiger partial charge in [-0.05, 0) is 19.4 Å². The Bertz CT molecular complexity index is 313. The lowest BCUT2D eigenvalue weighted by Gasteiger charge is -2.08. The Morgan fingerprint density at radius 2 is 2.60 bits per heavy atom. The molecule has 1 saturated heterocycles. The van der Waals surface area contributed by atoms with Crippen LogP contribution in [0.5, 0.6) is 0 Å². The number of hydrogen-bond donors (Lipinski definition) is 1. The van der Waals surface area contributed by atoms with Gasteiger partial charge in [-0.15, -0.1) is 0 Å². The first-order valence-corrected chi connectivity index (χ1v) is 5.10. The summed E-state index contributed by atoms with van der Waals surface area (Å²) >= 11 is 0. The van der Waals surface area contributed by atoms with Crippen LogP contribution in [0.3, 0.4) is 0 Å². The van der Waals surface area contributed by atoms with Crippen molar-refractivity contribution in [3.8, 4) is 0 Å². The van der Waals surface area contributed by atoms with Crippen molar-refractivity contribution in [3.63, 3.8) is 0 Å². The van der Waals surface area contributed by atoms with E-state index in [9.17, 15) is 0 Å². The molecule has 82 valence electrons. The number of nitrogens with one attached hydrogen (secondary N) is 1. The Morgan fingerprint density at radius 3 is 3.33 bits per heavy atom. The Morgan fingerprint density at radius 1 is 1.67 bits per heavy atom. The second-order valence-electron chi connectivity index (χ2n) is 3.66. The number of ether oxygens (including phenoxy) is 1. The number of aryl methyl sites for hydroxylation is 1. The Hall–Kier alpha value is -1.20. The average Bonchev–Trinajstić information content (AvgIpc) is 2.71. The third kappa shape index (κ3) is 3.14. The minimum atomic E-state index is 0.488. The molecule has 1 aromatic heterocycles. The van der Waals surface area contributed by atoms with Gasteiger partial charge in [-0.25, -0.2) is 15.4 Å². The molecule has 1 aliphatic rings. The summed E-state index contributed by atoms with van der Waals surface area (Å²) in [5.41, 5.74) is 3.65. The molecule has 1 fully saturated rings. The second-order valence-corrected chi connectivity index (χ2v) is 3.66. The van der Waals surface area contributed by atoms with Crippen molar-refractivity contribution in [1.29, 1.82) is 0 Å². The summed E-state index contributed by atoms with van der Waals surface area (Å²) in [6, 6.07) is 1.84. The van der Waals surface area contributed by atoms with Crippen LogP contribution in [0.25, 0.3) is 0 Å². The standard InChI is InChI=1S/C10H15N3O2/c1-8-2-4-11-10(12-8)13-15-7-9-3-5-14-6-9/h2,4,9H,3,5-7H2,1H3,(H,11,12,13). The van der Waals surface area contributed by atoms with Crippen molar-refractivity contribution >= 4 is 5.95 Å². The molecule has 0 radical (unpaired) electrons. The first-order valence-electron chi connectivity index (χ1n) is 5.10. The van der Waals surface area contributed by atoms with Gasteiger partial charge >= 0.3 is 0 Å². The van der Waals surface area contributed by atoms with Crippen LogP contribution in [-0.4, -0.2) is 29.8 Å². The van der Waals surface area contributed by atoms with Crippen molar-refractivity contribution in [2.45, 2.75) is 13.3 Å². The molecule has 0 aromatic carbocycles. The van der Waals surface area contributed by atoms with Crippen LogP contribution in [-0.2, 0) is 9.57 Å². The van der Waals surface area contributed by atoms with Gasteiger partial charge in [0.1, 0.15) is 0 Å². The lowest BCUT2D eigenvalue weighted by molar-refractivity contribution is 0.125. The van der Waals surface area contributed by atoms with Crippen molar-refractivity contribution in [3.05, 3.63) is 18.0 Å². The van der Waals surface area contributed by atoms with Gasteiger partial charge in [0.15, 0.2) is 0 Å². The first-order chi connectivity index (χ1) is 7.34. The molecule has 1 atom stereocenters. The lowest BCUT2D eigenvalue weighted by Crippen LogP contribution is -2.14. The van der Waals surface area contributed by atoms with Gasteiger partial charge in [0.05, 0.1) is 13.2 Å². The lowest BCUT2D eigenvalue weighted by atomic mass is 10.1. The van der Waals surface area contributed by atoms with Gasteiger partial charge in [-0.3, -0.25) is 4.84 Å². The van der Waals surface area contributed by atoms with Gasteiger partial charge in [0, 0.05) is 24.4 Å². The van der Waals surface area contributed by atoms with E-state index in [1.807, 2.05) is 13.0 Å². The van der Waals surface area contributed by atoms with Crippen LogP contribution >= 0.6 is 0 Å². The number of hydrogen-bond acceptors (Lipinski definition) is 5. The van der Waals surface area contributed by atoms with Crippen LogP contribution in [0.1, 0.15) is 12.1 Å². The number of rotatable bonds is 4. The van der Waals surface area contributed by atoms with Crippen molar-refractivity contribution < 1.29 is 9.57 Å². The first kappa shape index (κ1) is 10.3. The van der Waals surface area contributed by atoms with E-state index in [1.54, 1.807) is 6.20 Å². The highest BCUT2D eigenvalue weighted by Crippen LogP contribution is 2.12. The molecule has 0 saturated carbocycles. The van der Waals surface area contributed by atoms with Gasteiger partial charge in [0.2, 0.25) is 5.95 Å². The normalized spacial score (nSPS) is 20.5. The predicted molar refractivity (Wildman–Crippen MR) is 55.3 cm³/mol. The minimum absolute atomic E-state index is 0.488. The molecule has 5 heteroatoms. The molecule has 1 aromatic rings. The van der Waals surface area contributed by atoms with Crippen LogP contribution < -0.4 is 5.48 Å². The Labute approximate surface area is 88.8 Å². The maximum absolute atomic E-state index is 5.30. The van der Waals surface area contributed by atoms with Crippen LogP contribution in [0.4, 0.5) is 5.95 Å². The SMILES string of the molecule is Cc1ccnc(NOCC2CCOC2)n1. The summed E-state index contributed by atoms with van der Waals surface area (Å²) in [6.45, 7) is 4.18. The maximum atomic E-state index is 5.30. The molecular weight excluding hydrogens is 194 g/mol. The summed E-state index contributed by atoms with van der Waals surface area (Å²) in [5, 5.41) is 0. The Kier molecular flexibility index (Phi) is 3.47. The van der Waals surface area contributed by atoms with Crippen LogP contribution in [0.15, 0.2) is 12.3 Å². The zero-order valence-corrected chi connectivity index (χ0v) is 8.77. The maximum Gasteiger partial charge on any atom is 0.247 e. The molecule has 1 unspecified atom stereocenters. The Balaban J connectivity index is 1.73. The quantitative estimate of drug-likeness (QED) is 0.754. The molecule has 0 bridgehead atoms. The van der Waals surface area contributed by atoms with Gasteiger partial charge in [-0.1, -0.05) is 0 Å². The fourth-order valence-electron chi connectivity index (χ4n) is 1.44. The van der Waals surface area contributed by atoms with Gasteiger partial charge < -0.3 is 4.74 Å². The highest BCUT2D eigenvalue weighted by molar-refractivity contribution is 5.20. The van der Waals surface area contributed by atoms with Gasteiger partial charge in [0.25, 0.3) is 0 Å². The summed E-state index contributed by atoms with van der Waals surface area (Å²) in [4.78, 5) is 13.5. The van der Waals surface area contributed by atoms with E-state index >= 15 is 0 Å². The van der Waals surface area contributed by atoms with E-state index in [2.05, 4.69) is 15.4 Å². The molecule has 2 rings (SSSR count). The van der Waals surface area contributed by atoms with Crippen LogP contribution in [0, 0.1) is 12.8 Å². The predicted octanol–water partition coefficient (Wildman–Crippen LogP) is 1.17. The average molecular weight is 209 g/mol. The topological polar surface area (TPSA) is 56.3 Å². The van der Waals surface area contributed by atoms with E-state index in [0.717, 1.165) is 25.3 Å². The highest BCUT2D eigenvalue weighted by Gasteiger charge is 2.15. The molecule has 0 aliphatic carbocycles. The van der Waals surface area contributed by atoms with E-state index < -0.39 is 0 Å². The number of anilines is 1. The van der Waals surface area contributed by atoms with Crippen molar-refractivity contribution in [2.75, 3.05) is 25.3 Å². The molecule has 15 heavy (non-hydrogen) atoms. The van der Waals surface area contributed by atoms with Gasteiger partial charge in [-0.2, -0.15) is 0 Å². The molecule has 2 heterocycles. The van der Waals surface area contributed by atoms with Crippen molar-refractivity contribution in [2.24, 2.45) is 5.92 Å². The monoisotopic (exact) mass is 209 g/mol. The zero-order chi connectivity index (χ0) is 10.5. The van der Waals surface area contributed by atoms with E-state index in [1.165, 1.54) is 0 Å². The third-order valence-corrected chi connectivity index (χ3v) is 2.30. The number of nitrogens with zero attached hydrogens (tertiary/aromatic N) is 2.